The topological polar surface area (TPSA) is 84.7 Å². The van der Waals surface area contributed by atoms with Crippen molar-refractivity contribution in [3.63, 3.8) is 0 Å². The van der Waals surface area contributed by atoms with Gasteiger partial charge in [-0.05, 0) is 25.1 Å². The first-order valence-corrected chi connectivity index (χ1v) is 5.42. The van der Waals surface area contributed by atoms with Gasteiger partial charge in [-0.1, -0.05) is 11.8 Å². The van der Waals surface area contributed by atoms with E-state index in [1.807, 2.05) is 6.07 Å². The number of nitrogen functional groups attached to an aromatic ring is 1. The van der Waals surface area contributed by atoms with Gasteiger partial charge in [0.25, 0.3) is 0 Å². The number of hydrogen-bond donors (Lipinski definition) is 2. The summed E-state index contributed by atoms with van der Waals surface area (Å²) in [5.74, 6) is -0.0336. The van der Waals surface area contributed by atoms with Gasteiger partial charge < -0.3 is 5.73 Å². The van der Waals surface area contributed by atoms with Gasteiger partial charge in [-0.25, -0.2) is 4.98 Å². The molecule has 0 aliphatic carbocycles. The molecule has 0 unspecified atom stereocenters. The summed E-state index contributed by atoms with van der Waals surface area (Å²) in [4.78, 5) is 16.1. The molecule has 0 spiro atoms. The minimum atomic E-state index is -0.0336. The zero-order valence-electron chi connectivity index (χ0n) is 8.60. The molecular formula is C10H10N4OS. The molecule has 0 saturated heterocycles. The fourth-order valence-corrected chi connectivity index (χ4v) is 2.02. The number of hydrogen-bond acceptors (Lipinski definition) is 5. The number of nitrogens with zero attached hydrogens (tertiary/aromatic N) is 2. The molecule has 0 radical (unpaired) electrons. The molecule has 0 saturated carbocycles. The van der Waals surface area contributed by atoms with E-state index in [2.05, 4.69) is 15.2 Å². The summed E-state index contributed by atoms with van der Waals surface area (Å²) < 4.78 is 0. The maximum Gasteiger partial charge on any atom is 0.188 e. The molecule has 0 aliphatic heterocycles. The Morgan fingerprint density at radius 3 is 2.88 bits per heavy atom. The minimum Gasteiger partial charge on any atom is -0.398 e. The standard InChI is InChI=1S/C10H10N4OS/c1-6(15)8-3-2-7(4-9(8)11)16-10-12-5-13-14-10/h2-5H,11H2,1H3,(H,12,13,14). The van der Waals surface area contributed by atoms with Crippen LogP contribution in [0.25, 0.3) is 0 Å². The fourth-order valence-electron chi connectivity index (χ4n) is 1.28. The summed E-state index contributed by atoms with van der Waals surface area (Å²) in [6.45, 7) is 1.49. The normalized spacial score (nSPS) is 10.3. The van der Waals surface area contributed by atoms with Crippen molar-refractivity contribution in [2.45, 2.75) is 17.0 Å². The molecule has 1 aromatic heterocycles. The lowest BCUT2D eigenvalue weighted by Crippen LogP contribution is -1.99. The number of H-pyrrole nitrogens is 1. The van der Waals surface area contributed by atoms with Crippen LogP contribution in [0.1, 0.15) is 17.3 Å². The van der Waals surface area contributed by atoms with Gasteiger partial charge in [0, 0.05) is 16.1 Å². The number of benzene rings is 1. The summed E-state index contributed by atoms with van der Waals surface area (Å²) >= 11 is 1.41. The molecule has 3 N–H and O–H groups in total. The summed E-state index contributed by atoms with van der Waals surface area (Å²) in [6, 6.07) is 5.31. The van der Waals surface area contributed by atoms with Crippen molar-refractivity contribution in [1.29, 1.82) is 0 Å². The molecule has 0 bridgehead atoms. The van der Waals surface area contributed by atoms with E-state index < -0.39 is 0 Å². The minimum absolute atomic E-state index is 0.0336. The fraction of sp³-hybridized carbons (Fsp3) is 0.100. The van der Waals surface area contributed by atoms with Crippen LogP contribution in [0.2, 0.25) is 0 Å². The molecule has 16 heavy (non-hydrogen) atoms. The predicted molar refractivity (Wildman–Crippen MR) is 61.4 cm³/mol. The molecule has 1 heterocycles. The van der Waals surface area contributed by atoms with Crippen LogP contribution < -0.4 is 5.73 Å². The highest BCUT2D eigenvalue weighted by Gasteiger charge is 2.06. The highest BCUT2D eigenvalue weighted by molar-refractivity contribution is 7.99. The molecule has 82 valence electrons. The van der Waals surface area contributed by atoms with Gasteiger partial charge >= 0.3 is 0 Å². The Kier molecular flexibility index (Phi) is 2.91. The predicted octanol–water partition coefficient (Wildman–Crippen LogP) is 1.74. The second kappa shape index (κ2) is 4.36. The van der Waals surface area contributed by atoms with Crippen LogP contribution in [0, 0.1) is 0 Å². The number of anilines is 1. The van der Waals surface area contributed by atoms with Crippen molar-refractivity contribution in [3.05, 3.63) is 30.1 Å². The average molecular weight is 234 g/mol. The zero-order valence-corrected chi connectivity index (χ0v) is 9.41. The van der Waals surface area contributed by atoms with E-state index in [4.69, 9.17) is 5.73 Å². The quantitative estimate of drug-likeness (QED) is 0.624. The number of nitrogens with one attached hydrogen (secondary N) is 1. The van der Waals surface area contributed by atoms with Crippen molar-refractivity contribution in [2.24, 2.45) is 0 Å². The number of aromatic nitrogens is 3. The van der Waals surface area contributed by atoms with Crippen molar-refractivity contribution < 1.29 is 4.79 Å². The number of nitrogens with two attached hydrogens (primary N) is 1. The Morgan fingerprint density at radius 1 is 1.50 bits per heavy atom. The van der Waals surface area contributed by atoms with E-state index in [0.29, 0.717) is 16.4 Å². The van der Waals surface area contributed by atoms with E-state index in [9.17, 15) is 4.79 Å². The first-order valence-electron chi connectivity index (χ1n) is 4.60. The molecule has 6 heteroatoms. The SMILES string of the molecule is CC(=O)c1ccc(Sc2ncn[nH]2)cc1N. The Labute approximate surface area is 96.5 Å². The molecule has 0 atom stereocenters. The molecule has 0 aliphatic rings. The van der Waals surface area contributed by atoms with Crippen LogP contribution in [0.3, 0.4) is 0 Å². The van der Waals surface area contributed by atoms with Crippen LogP contribution in [-0.2, 0) is 0 Å². The van der Waals surface area contributed by atoms with Crippen molar-refractivity contribution >= 4 is 23.2 Å². The number of carbonyl (C=O) groups is 1. The summed E-state index contributed by atoms with van der Waals surface area (Å²) in [5, 5.41) is 7.17. The molecule has 5 nitrogen and oxygen atoms in total. The third kappa shape index (κ3) is 2.22. The maximum atomic E-state index is 11.2. The smallest absolute Gasteiger partial charge is 0.188 e. The van der Waals surface area contributed by atoms with Gasteiger partial charge in [0.2, 0.25) is 0 Å². The summed E-state index contributed by atoms with van der Waals surface area (Å²) in [6.07, 6.45) is 1.44. The number of carbonyl (C=O) groups excluding carboxylic acids is 1. The zero-order chi connectivity index (χ0) is 11.5. The Balaban J connectivity index is 2.24. The van der Waals surface area contributed by atoms with Crippen molar-refractivity contribution in [2.75, 3.05) is 5.73 Å². The molecular weight excluding hydrogens is 224 g/mol. The molecule has 2 aromatic rings. The highest BCUT2D eigenvalue weighted by Crippen LogP contribution is 2.27. The van der Waals surface area contributed by atoms with Gasteiger partial charge in [-0.2, -0.15) is 5.10 Å². The van der Waals surface area contributed by atoms with E-state index in [0.717, 1.165) is 4.90 Å². The Morgan fingerprint density at radius 2 is 2.31 bits per heavy atom. The second-order valence-corrected chi connectivity index (χ2v) is 4.26. The van der Waals surface area contributed by atoms with E-state index in [1.54, 1.807) is 12.1 Å². The first kappa shape index (κ1) is 10.7. The molecule has 2 rings (SSSR count). The number of rotatable bonds is 3. The van der Waals surface area contributed by atoms with E-state index >= 15 is 0 Å². The van der Waals surface area contributed by atoms with Crippen LogP contribution in [0.5, 0.6) is 0 Å². The van der Waals surface area contributed by atoms with Gasteiger partial charge in [-0.15, -0.1) is 0 Å². The highest BCUT2D eigenvalue weighted by atomic mass is 32.2. The number of Topliss-reactive ketones (excluding diaryl/α,β-unsaturated/α-hetero) is 1. The number of aromatic amines is 1. The largest absolute Gasteiger partial charge is 0.398 e. The maximum absolute atomic E-state index is 11.2. The van der Waals surface area contributed by atoms with Gasteiger partial charge in [0.1, 0.15) is 6.33 Å². The third-order valence-corrected chi connectivity index (χ3v) is 2.89. The summed E-state index contributed by atoms with van der Waals surface area (Å²) in [7, 11) is 0. The van der Waals surface area contributed by atoms with Crippen LogP contribution in [-0.4, -0.2) is 21.0 Å². The Bertz CT molecular complexity index is 510. The lowest BCUT2D eigenvalue weighted by Gasteiger charge is -2.03. The third-order valence-electron chi connectivity index (χ3n) is 2.01. The average Bonchev–Trinajstić information content (AvgIpc) is 2.70. The molecule has 0 amide bonds. The molecule has 0 fully saturated rings. The first-order chi connectivity index (χ1) is 7.66. The summed E-state index contributed by atoms with van der Waals surface area (Å²) in [5.41, 5.74) is 6.80. The lowest BCUT2D eigenvalue weighted by atomic mass is 10.1. The van der Waals surface area contributed by atoms with E-state index in [-0.39, 0.29) is 5.78 Å². The number of ketones is 1. The lowest BCUT2D eigenvalue weighted by molar-refractivity contribution is 0.101. The molecule has 1 aromatic carbocycles. The van der Waals surface area contributed by atoms with Gasteiger partial charge in [0.05, 0.1) is 0 Å². The Hall–Kier alpha value is -1.82. The van der Waals surface area contributed by atoms with Crippen LogP contribution in [0.15, 0.2) is 34.6 Å². The van der Waals surface area contributed by atoms with Gasteiger partial charge in [0.15, 0.2) is 10.9 Å². The second-order valence-electron chi connectivity index (χ2n) is 3.20. The van der Waals surface area contributed by atoms with Crippen molar-refractivity contribution in [3.8, 4) is 0 Å². The van der Waals surface area contributed by atoms with Crippen LogP contribution in [0.4, 0.5) is 5.69 Å². The van der Waals surface area contributed by atoms with Gasteiger partial charge in [-0.3, -0.25) is 9.89 Å². The van der Waals surface area contributed by atoms with E-state index in [1.165, 1.54) is 25.0 Å². The van der Waals surface area contributed by atoms with Crippen LogP contribution >= 0.6 is 11.8 Å². The van der Waals surface area contributed by atoms with Crippen molar-refractivity contribution in [1.82, 2.24) is 15.2 Å². The monoisotopic (exact) mass is 234 g/mol.